The first-order valence-electron chi connectivity index (χ1n) is 25.5. The molecule has 0 saturated carbocycles. The second-order valence-electron chi connectivity index (χ2n) is 16.8. The molecule has 0 aliphatic rings. The first-order valence-corrected chi connectivity index (χ1v) is 25.5. The third kappa shape index (κ3) is 47.7. The van der Waals surface area contributed by atoms with E-state index in [0.717, 1.165) is 116 Å². The second kappa shape index (κ2) is 49.5. The molecule has 0 saturated heterocycles. The van der Waals surface area contributed by atoms with Crippen LogP contribution in [0.1, 0.15) is 239 Å². The summed E-state index contributed by atoms with van der Waals surface area (Å²) in [5.41, 5.74) is 0. The Kier molecular flexibility index (Phi) is 46.9. The van der Waals surface area contributed by atoms with E-state index in [0.29, 0.717) is 19.3 Å². The van der Waals surface area contributed by atoms with Crippen molar-refractivity contribution in [3.05, 3.63) is 72.9 Å². The van der Waals surface area contributed by atoms with Crippen LogP contribution in [0.25, 0.3) is 0 Å². The van der Waals surface area contributed by atoms with Gasteiger partial charge < -0.3 is 14.2 Å². The van der Waals surface area contributed by atoms with E-state index >= 15 is 0 Å². The molecule has 0 N–H and O–H groups in total. The Morgan fingerprint density at radius 3 is 1.18 bits per heavy atom. The molecule has 1 atom stereocenters. The summed E-state index contributed by atoms with van der Waals surface area (Å²) in [5.74, 6) is -0.925. The topological polar surface area (TPSA) is 78.9 Å². The van der Waals surface area contributed by atoms with Gasteiger partial charge in [-0.3, -0.25) is 14.4 Å². The number of rotatable bonds is 45. The van der Waals surface area contributed by atoms with E-state index in [1.54, 1.807) is 0 Å². The van der Waals surface area contributed by atoms with Crippen molar-refractivity contribution in [3.8, 4) is 0 Å². The minimum Gasteiger partial charge on any atom is -0.462 e. The molecule has 0 amide bonds. The molecular formula is C55H94O6. The zero-order valence-corrected chi connectivity index (χ0v) is 39.9. The number of unbranched alkanes of at least 4 members (excludes halogenated alkanes) is 25. The number of carbonyl (C=O) groups excluding carboxylic acids is 3. The summed E-state index contributed by atoms with van der Waals surface area (Å²) < 4.78 is 16.8. The van der Waals surface area contributed by atoms with Gasteiger partial charge in [-0.05, 0) is 64.2 Å². The molecule has 6 nitrogen and oxygen atoms in total. The number of hydrogen-bond donors (Lipinski definition) is 0. The average Bonchev–Trinajstić information content (AvgIpc) is 3.26. The van der Waals surface area contributed by atoms with Gasteiger partial charge in [-0.1, -0.05) is 229 Å². The molecule has 6 heteroatoms. The molecule has 0 aliphatic carbocycles. The number of carbonyl (C=O) groups is 3. The van der Waals surface area contributed by atoms with Gasteiger partial charge in [0.25, 0.3) is 0 Å². The first-order chi connectivity index (χ1) is 30.0. The van der Waals surface area contributed by atoms with Crippen LogP contribution in [0.2, 0.25) is 0 Å². The standard InChI is InChI=1S/C55H94O6/c1-4-7-10-13-16-19-22-25-27-29-30-33-36-39-42-45-48-54(57)60-51-52(50-59-53(56)47-44-41-38-35-32-24-21-18-15-12-9-6-3)61-55(58)49-46-43-40-37-34-31-28-26-23-20-17-14-11-8-5-2/h8-9,11-12,14,17-18,20-21,23,26,28,52H,4-7,10,13,15-16,19,22,24-25,27,29-51H2,1-3H3/b11-8-,12-9-,17-14-,21-18-,23-20-,28-26-. The summed E-state index contributed by atoms with van der Waals surface area (Å²) in [5, 5.41) is 0. The van der Waals surface area contributed by atoms with E-state index in [-0.39, 0.29) is 31.1 Å². The zero-order chi connectivity index (χ0) is 44.4. The lowest BCUT2D eigenvalue weighted by Crippen LogP contribution is -2.30. The van der Waals surface area contributed by atoms with Crippen molar-refractivity contribution in [2.45, 2.75) is 245 Å². The van der Waals surface area contributed by atoms with Gasteiger partial charge in [0.2, 0.25) is 0 Å². The predicted octanol–water partition coefficient (Wildman–Crippen LogP) is 16.6. The highest BCUT2D eigenvalue weighted by Crippen LogP contribution is 2.15. The molecule has 0 spiro atoms. The highest BCUT2D eigenvalue weighted by atomic mass is 16.6. The second-order valence-corrected chi connectivity index (χ2v) is 16.8. The molecule has 0 bridgehead atoms. The summed E-state index contributed by atoms with van der Waals surface area (Å²) in [6, 6.07) is 0. The summed E-state index contributed by atoms with van der Waals surface area (Å²) >= 11 is 0. The third-order valence-corrected chi connectivity index (χ3v) is 10.8. The Hall–Kier alpha value is -3.15. The lowest BCUT2D eigenvalue weighted by Gasteiger charge is -2.18. The minimum absolute atomic E-state index is 0.0883. The molecule has 1 unspecified atom stereocenters. The number of hydrogen-bond acceptors (Lipinski definition) is 6. The summed E-state index contributed by atoms with van der Waals surface area (Å²) in [6.45, 7) is 6.36. The Bertz CT molecular complexity index is 1160. The van der Waals surface area contributed by atoms with Crippen molar-refractivity contribution in [1.82, 2.24) is 0 Å². The molecule has 0 heterocycles. The van der Waals surface area contributed by atoms with E-state index in [4.69, 9.17) is 14.2 Å². The van der Waals surface area contributed by atoms with Gasteiger partial charge in [0.15, 0.2) is 6.10 Å². The predicted molar refractivity (Wildman–Crippen MR) is 261 cm³/mol. The van der Waals surface area contributed by atoms with Gasteiger partial charge in [0.05, 0.1) is 0 Å². The fourth-order valence-electron chi connectivity index (χ4n) is 7.02. The normalized spacial score (nSPS) is 12.6. The van der Waals surface area contributed by atoms with Crippen LogP contribution in [0.4, 0.5) is 0 Å². The van der Waals surface area contributed by atoms with Gasteiger partial charge in [0, 0.05) is 19.3 Å². The molecule has 0 rings (SSSR count). The van der Waals surface area contributed by atoms with Gasteiger partial charge in [0.1, 0.15) is 13.2 Å². The lowest BCUT2D eigenvalue weighted by atomic mass is 10.0. The molecule has 0 aromatic heterocycles. The Morgan fingerprint density at radius 2 is 0.721 bits per heavy atom. The van der Waals surface area contributed by atoms with Crippen LogP contribution in [-0.2, 0) is 28.6 Å². The Morgan fingerprint density at radius 1 is 0.361 bits per heavy atom. The van der Waals surface area contributed by atoms with Gasteiger partial charge >= 0.3 is 17.9 Å². The van der Waals surface area contributed by atoms with E-state index < -0.39 is 6.10 Å². The molecule has 0 aliphatic heterocycles. The van der Waals surface area contributed by atoms with Crippen LogP contribution >= 0.6 is 0 Å². The van der Waals surface area contributed by atoms with Crippen molar-refractivity contribution in [1.29, 1.82) is 0 Å². The lowest BCUT2D eigenvalue weighted by molar-refractivity contribution is -0.167. The number of esters is 3. The minimum atomic E-state index is -0.791. The van der Waals surface area contributed by atoms with Crippen molar-refractivity contribution in [2.24, 2.45) is 0 Å². The Balaban J connectivity index is 4.41. The van der Waals surface area contributed by atoms with Gasteiger partial charge in [-0.25, -0.2) is 0 Å². The van der Waals surface area contributed by atoms with Crippen molar-refractivity contribution >= 4 is 17.9 Å². The summed E-state index contributed by atoms with van der Waals surface area (Å²) in [6.07, 6.45) is 61.7. The smallest absolute Gasteiger partial charge is 0.306 e. The van der Waals surface area contributed by atoms with Crippen LogP contribution in [0.5, 0.6) is 0 Å². The summed E-state index contributed by atoms with van der Waals surface area (Å²) in [4.78, 5) is 37.9. The largest absolute Gasteiger partial charge is 0.462 e. The van der Waals surface area contributed by atoms with E-state index in [2.05, 4.69) is 75.5 Å². The monoisotopic (exact) mass is 851 g/mol. The maximum Gasteiger partial charge on any atom is 0.306 e. The zero-order valence-electron chi connectivity index (χ0n) is 39.9. The van der Waals surface area contributed by atoms with E-state index in [1.807, 2.05) is 18.2 Å². The van der Waals surface area contributed by atoms with Crippen LogP contribution in [-0.4, -0.2) is 37.2 Å². The number of ether oxygens (including phenoxy) is 3. The fraction of sp³-hybridized carbons (Fsp3) is 0.727. The Labute approximate surface area is 376 Å². The molecule has 0 aromatic rings. The molecule has 0 fully saturated rings. The highest BCUT2D eigenvalue weighted by molar-refractivity contribution is 5.71. The van der Waals surface area contributed by atoms with Gasteiger partial charge in [-0.15, -0.1) is 0 Å². The molecule has 61 heavy (non-hydrogen) atoms. The summed E-state index contributed by atoms with van der Waals surface area (Å²) in [7, 11) is 0. The highest BCUT2D eigenvalue weighted by Gasteiger charge is 2.19. The quantitative estimate of drug-likeness (QED) is 0.0200. The average molecular weight is 851 g/mol. The SMILES string of the molecule is CC\C=C/C=C\C=C/C=C\CCCCCCCC(=O)OC(COC(=O)CCCCCCC/C=C\C/C=C\CC)COC(=O)CCCCCCCCCCCCCCCCCC. The molecule has 350 valence electrons. The van der Waals surface area contributed by atoms with Crippen LogP contribution in [0, 0.1) is 0 Å². The molecule has 0 radical (unpaired) electrons. The van der Waals surface area contributed by atoms with Crippen molar-refractivity contribution in [3.63, 3.8) is 0 Å². The van der Waals surface area contributed by atoms with Crippen molar-refractivity contribution < 1.29 is 28.6 Å². The maximum absolute atomic E-state index is 12.8. The van der Waals surface area contributed by atoms with E-state index in [9.17, 15) is 14.4 Å². The maximum atomic E-state index is 12.8. The van der Waals surface area contributed by atoms with Crippen LogP contribution in [0.15, 0.2) is 72.9 Å². The van der Waals surface area contributed by atoms with Gasteiger partial charge in [-0.2, -0.15) is 0 Å². The van der Waals surface area contributed by atoms with Crippen molar-refractivity contribution in [2.75, 3.05) is 13.2 Å². The van der Waals surface area contributed by atoms with Crippen LogP contribution in [0.3, 0.4) is 0 Å². The third-order valence-electron chi connectivity index (χ3n) is 10.8. The molecular weight excluding hydrogens is 757 g/mol. The molecule has 0 aromatic carbocycles. The first kappa shape index (κ1) is 57.9. The van der Waals surface area contributed by atoms with E-state index in [1.165, 1.54) is 83.5 Å². The van der Waals surface area contributed by atoms with Crippen LogP contribution < -0.4 is 0 Å². The number of allylic oxidation sites excluding steroid dienone is 12. The fourth-order valence-corrected chi connectivity index (χ4v) is 7.02.